The maximum Gasteiger partial charge on any atom is 0.175 e. The summed E-state index contributed by atoms with van der Waals surface area (Å²) < 4.78 is 23.1. The van der Waals surface area contributed by atoms with Gasteiger partial charge in [0.25, 0.3) is 0 Å². The van der Waals surface area contributed by atoms with Crippen LogP contribution in [0, 0.1) is 6.92 Å². The van der Waals surface area contributed by atoms with Crippen LogP contribution >= 0.6 is 11.6 Å². The van der Waals surface area contributed by atoms with Crippen molar-refractivity contribution in [1.82, 2.24) is 9.97 Å². The number of hydrogen-bond donors (Lipinski definition) is 1. The Hall–Kier alpha value is -1.66. The minimum absolute atomic E-state index is 0.185. The zero-order valence-corrected chi connectivity index (χ0v) is 14.5. The van der Waals surface area contributed by atoms with E-state index in [1.165, 1.54) is 18.5 Å². The Bertz CT molecular complexity index is 804. The van der Waals surface area contributed by atoms with Crippen molar-refractivity contribution in [1.29, 1.82) is 0 Å². The first-order chi connectivity index (χ1) is 10.2. The molecule has 1 aromatic heterocycles. The fourth-order valence-corrected chi connectivity index (χ4v) is 3.07. The molecule has 5 nitrogen and oxygen atoms in total. The van der Waals surface area contributed by atoms with E-state index in [9.17, 15) is 8.42 Å². The monoisotopic (exact) mass is 339 g/mol. The van der Waals surface area contributed by atoms with Crippen LogP contribution in [0.4, 0.5) is 11.5 Å². The maximum atomic E-state index is 11.5. The summed E-state index contributed by atoms with van der Waals surface area (Å²) >= 11 is 6.17. The van der Waals surface area contributed by atoms with Crippen molar-refractivity contribution in [2.24, 2.45) is 0 Å². The molecule has 1 N–H and O–H groups in total. The lowest BCUT2D eigenvalue weighted by molar-refractivity contribution is 0.602. The molecule has 118 valence electrons. The van der Waals surface area contributed by atoms with Crippen LogP contribution < -0.4 is 5.32 Å². The summed E-state index contributed by atoms with van der Waals surface area (Å²) in [6, 6.07) is 4.58. The largest absolute Gasteiger partial charge is 0.339 e. The normalized spacial score (nSPS) is 11.7. The van der Waals surface area contributed by atoms with Crippen molar-refractivity contribution in [3.05, 3.63) is 40.8 Å². The third-order valence-corrected chi connectivity index (χ3v) is 4.71. The first kappa shape index (κ1) is 16.7. The number of nitrogens with zero attached hydrogens (tertiary/aromatic N) is 2. The van der Waals surface area contributed by atoms with E-state index >= 15 is 0 Å². The first-order valence-electron chi connectivity index (χ1n) is 6.78. The van der Waals surface area contributed by atoms with E-state index in [4.69, 9.17) is 11.6 Å². The van der Waals surface area contributed by atoms with E-state index in [1.807, 2.05) is 6.92 Å². The van der Waals surface area contributed by atoms with Crippen LogP contribution in [0.25, 0.3) is 0 Å². The highest BCUT2D eigenvalue weighted by Gasteiger charge is 2.13. The Morgan fingerprint density at radius 2 is 1.91 bits per heavy atom. The summed E-state index contributed by atoms with van der Waals surface area (Å²) in [5.41, 5.74) is 2.51. The lowest BCUT2D eigenvalue weighted by Gasteiger charge is -2.14. The number of anilines is 2. The van der Waals surface area contributed by atoms with E-state index in [0.29, 0.717) is 16.5 Å². The number of aromatic nitrogens is 2. The van der Waals surface area contributed by atoms with Crippen LogP contribution in [0.2, 0.25) is 5.02 Å². The third kappa shape index (κ3) is 3.56. The molecule has 0 aliphatic carbocycles. The molecule has 0 amide bonds. The molecule has 0 saturated heterocycles. The van der Waals surface area contributed by atoms with Crippen LogP contribution in [-0.2, 0) is 9.84 Å². The van der Waals surface area contributed by atoms with Crippen molar-refractivity contribution in [2.45, 2.75) is 31.6 Å². The van der Waals surface area contributed by atoms with Crippen LogP contribution in [-0.4, -0.2) is 24.6 Å². The molecule has 0 atom stereocenters. The maximum absolute atomic E-state index is 11.5. The van der Waals surface area contributed by atoms with Crippen molar-refractivity contribution in [2.75, 3.05) is 11.6 Å². The predicted molar refractivity (Wildman–Crippen MR) is 88.7 cm³/mol. The lowest BCUT2D eigenvalue weighted by atomic mass is 10.1. The molecule has 22 heavy (non-hydrogen) atoms. The lowest BCUT2D eigenvalue weighted by Crippen LogP contribution is -2.04. The minimum atomic E-state index is -3.28. The zero-order chi connectivity index (χ0) is 16.5. The Kier molecular flexibility index (Phi) is 4.72. The minimum Gasteiger partial charge on any atom is -0.339 e. The van der Waals surface area contributed by atoms with Gasteiger partial charge in [-0.1, -0.05) is 25.4 Å². The van der Waals surface area contributed by atoms with Crippen LogP contribution in [0.5, 0.6) is 0 Å². The summed E-state index contributed by atoms with van der Waals surface area (Å²) in [5, 5.41) is 3.46. The van der Waals surface area contributed by atoms with Crippen molar-refractivity contribution in [3.8, 4) is 0 Å². The van der Waals surface area contributed by atoms with Gasteiger partial charge in [-0.05, 0) is 31.0 Å². The van der Waals surface area contributed by atoms with Gasteiger partial charge in [0, 0.05) is 11.8 Å². The smallest absolute Gasteiger partial charge is 0.175 e. The molecular formula is C15H18ClN3O2S. The molecule has 0 fully saturated rings. The molecule has 7 heteroatoms. The molecule has 2 rings (SSSR count). The number of rotatable bonds is 4. The van der Waals surface area contributed by atoms with E-state index in [0.717, 1.165) is 17.5 Å². The van der Waals surface area contributed by atoms with Gasteiger partial charge in [0.2, 0.25) is 0 Å². The molecule has 0 spiro atoms. The Labute approximate surface area is 135 Å². The molecule has 0 unspecified atom stereocenters. The van der Waals surface area contributed by atoms with Crippen molar-refractivity contribution >= 4 is 32.9 Å². The molecule has 2 aromatic rings. The van der Waals surface area contributed by atoms with E-state index in [2.05, 4.69) is 29.1 Å². The average molecular weight is 340 g/mol. The van der Waals surface area contributed by atoms with Gasteiger partial charge in [0.15, 0.2) is 9.84 Å². The average Bonchev–Trinajstić information content (AvgIpc) is 2.41. The van der Waals surface area contributed by atoms with Crippen LogP contribution in [0.3, 0.4) is 0 Å². The zero-order valence-electron chi connectivity index (χ0n) is 12.9. The summed E-state index contributed by atoms with van der Waals surface area (Å²) in [5.74, 6) is 0.944. The van der Waals surface area contributed by atoms with E-state index in [-0.39, 0.29) is 10.8 Å². The fourth-order valence-electron chi connectivity index (χ4n) is 2.13. The Morgan fingerprint density at radius 3 is 2.45 bits per heavy atom. The van der Waals surface area contributed by atoms with Gasteiger partial charge < -0.3 is 5.32 Å². The highest BCUT2D eigenvalue weighted by Crippen LogP contribution is 2.29. The van der Waals surface area contributed by atoms with Crippen molar-refractivity contribution in [3.63, 3.8) is 0 Å². The second-order valence-corrected chi connectivity index (χ2v) is 7.85. The van der Waals surface area contributed by atoms with Crippen LogP contribution in [0.15, 0.2) is 29.4 Å². The third-order valence-electron chi connectivity index (χ3n) is 3.29. The fraction of sp³-hybridized carbons (Fsp3) is 0.333. The quantitative estimate of drug-likeness (QED) is 0.919. The molecule has 0 aliphatic rings. The van der Waals surface area contributed by atoms with Gasteiger partial charge in [-0.3, -0.25) is 0 Å². The number of hydrogen-bond acceptors (Lipinski definition) is 5. The molecule has 0 radical (unpaired) electrons. The van der Waals surface area contributed by atoms with Gasteiger partial charge >= 0.3 is 0 Å². The van der Waals surface area contributed by atoms with Gasteiger partial charge in [-0.2, -0.15) is 0 Å². The summed E-state index contributed by atoms with van der Waals surface area (Å²) in [7, 11) is -3.28. The van der Waals surface area contributed by atoms with E-state index < -0.39 is 9.84 Å². The predicted octanol–water partition coefficient (Wildman–Crippen LogP) is 3.71. The second kappa shape index (κ2) is 6.22. The molecule has 0 saturated carbocycles. The molecule has 1 aromatic carbocycles. The first-order valence-corrected chi connectivity index (χ1v) is 9.05. The highest BCUT2D eigenvalue weighted by molar-refractivity contribution is 7.90. The van der Waals surface area contributed by atoms with Gasteiger partial charge in [-0.25, -0.2) is 18.4 Å². The number of halogens is 1. The Balaban J connectivity index is 2.38. The Morgan fingerprint density at radius 1 is 1.23 bits per heavy atom. The topological polar surface area (TPSA) is 72.0 Å². The van der Waals surface area contributed by atoms with E-state index in [1.54, 1.807) is 6.07 Å². The van der Waals surface area contributed by atoms with Crippen LogP contribution in [0.1, 0.15) is 31.0 Å². The van der Waals surface area contributed by atoms with Crippen molar-refractivity contribution < 1.29 is 8.42 Å². The second-order valence-electron chi connectivity index (χ2n) is 5.43. The number of sulfone groups is 1. The summed E-state index contributed by atoms with van der Waals surface area (Å²) in [6.07, 6.45) is 2.65. The van der Waals surface area contributed by atoms with Gasteiger partial charge in [0.1, 0.15) is 12.1 Å². The molecular weight excluding hydrogens is 322 g/mol. The number of nitrogens with one attached hydrogen (secondary N) is 1. The summed E-state index contributed by atoms with van der Waals surface area (Å²) in [6.45, 7) is 6.07. The van der Waals surface area contributed by atoms with Gasteiger partial charge in [0.05, 0.1) is 21.3 Å². The molecule has 1 heterocycles. The standard InChI is InChI=1S/C15H18ClN3O2S/c1-9(2)14-10(3)15(18-8-17-14)19-13-6-5-11(7-12(13)16)22(4,20)21/h5-9H,1-4H3,(H,17,18,19). The summed E-state index contributed by atoms with van der Waals surface area (Å²) in [4.78, 5) is 8.70. The molecule has 0 bridgehead atoms. The van der Waals surface area contributed by atoms with Gasteiger partial charge in [-0.15, -0.1) is 0 Å². The number of benzene rings is 1. The highest BCUT2D eigenvalue weighted by atomic mass is 35.5. The molecule has 0 aliphatic heterocycles. The SMILES string of the molecule is Cc1c(Nc2ccc(S(C)(=O)=O)cc2Cl)ncnc1C(C)C.